The number of hydrogen-bond acceptors (Lipinski definition) is 4. The van der Waals surface area contributed by atoms with Crippen LogP contribution in [0.1, 0.15) is 5.56 Å². The quantitative estimate of drug-likeness (QED) is 0.704. The Morgan fingerprint density at radius 1 is 1.36 bits per heavy atom. The lowest BCUT2D eigenvalue weighted by molar-refractivity contribution is -0.107. The van der Waals surface area contributed by atoms with Gasteiger partial charge in [0.15, 0.2) is 0 Å². The summed E-state index contributed by atoms with van der Waals surface area (Å²) in [5, 5.41) is 3.75. The number of benzene rings is 2. The Kier molecular flexibility index (Phi) is 3.98. The molecule has 3 aromatic rings. The molecule has 1 aromatic heterocycles. The van der Waals surface area contributed by atoms with Crippen molar-refractivity contribution in [3.63, 3.8) is 0 Å². The summed E-state index contributed by atoms with van der Waals surface area (Å²) in [6.07, 6.45) is 1.19. The molecule has 0 saturated carbocycles. The van der Waals surface area contributed by atoms with Crippen molar-refractivity contribution in [1.82, 2.24) is 9.97 Å². The molecule has 0 aliphatic carbocycles. The lowest BCUT2D eigenvalue weighted by atomic mass is 10.1. The Balaban J connectivity index is 2.02. The van der Waals surface area contributed by atoms with Gasteiger partial charge in [0.1, 0.15) is 17.6 Å². The van der Waals surface area contributed by atoms with E-state index in [1.807, 2.05) is 30.3 Å². The third-order valence-corrected chi connectivity index (χ3v) is 3.61. The number of imidazole rings is 1. The predicted octanol–water partition coefficient (Wildman–Crippen LogP) is 3.71. The van der Waals surface area contributed by atoms with Gasteiger partial charge in [-0.1, -0.05) is 23.7 Å². The maximum Gasteiger partial charge on any atom is 0.205 e. The van der Waals surface area contributed by atoms with Gasteiger partial charge in [0.25, 0.3) is 0 Å². The number of nitrogens with zero attached hydrogens (tertiary/aromatic N) is 1. The lowest BCUT2D eigenvalue weighted by Crippen LogP contribution is -1.92. The van der Waals surface area contributed by atoms with E-state index in [2.05, 4.69) is 15.3 Å². The van der Waals surface area contributed by atoms with E-state index < -0.39 is 0 Å². The average Bonchev–Trinajstić information content (AvgIpc) is 2.91. The first kappa shape index (κ1) is 14.4. The minimum absolute atomic E-state index is 0.332. The number of carbonyl (C=O) groups is 1. The highest BCUT2D eigenvalue weighted by Gasteiger charge is 2.11. The van der Waals surface area contributed by atoms with Gasteiger partial charge in [-0.2, -0.15) is 0 Å². The number of aromatic amines is 1. The van der Waals surface area contributed by atoms with Gasteiger partial charge in [0.05, 0.1) is 23.3 Å². The molecule has 3 rings (SSSR count). The van der Waals surface area contributed by atoms with E-state index >= 15 is 0 Å². The molecule has 2 aromatic carbocycles. The number of rotatable bonds is 5. The second-order valence-corrected chi connectivity index (χ2v) is 5.16. The van der Waals surface area contributed by atoms with Crippen LogP contribution >= 0.6 is 11.6 Å². The number of ether oxygens (including phenoxy) is 1. The van der Waals surface area contributed by atoms with Crippen molar-refractivity contribution >= 4 is 40.6 Å². The molecule has 0 radical (unpaired) electrons. The van der Waals surface area contributed by atoms with Crippen LogP contribution < -0.4 is 10.1 Å². The zero-order valence-electron chi connectivity index (χ0n) is 11.9. The number of carbonyl (C=O) groups excluding carboxylic acids is 1. The number of aldehydes is 1. The minimum atomic E-state index is 0.332. The molecule has 0 atom stereocenters. The summed E-state index contributed by atoms with van der Waals surface area (Å²) in [4.78, 5) is 18.4. The van der Waals surface area contributed by atoms with Crippen molar-refractivity contribution in [1.29, 1.82) is 0 Å². The van der Waals surface area contributed by atoms with Crippen LogP contribution in [0.15, 0.2) is 36.4 Å². The molecule has 22 heavy (non-hydrogen) atoms. The van der Waals surface area contributed by atoms with Gasteiger partial charge in [-0.15, -0.1) is 0 Å². The number of methoxy groups -OCH3 is 1. The Morgan fingerprint density at radius 2 is 2.18 bits per heavy atom. The summed E-state index contributed by atoms with van der Waals surface area (Å²) in [6.45, 7) is 0. The van der Waals surface area contributed by atoms with Crippen LogP contribution in [0.5, 0.6) is 5.75 Å². The summed E-state index contributed by atoms with van der Waals surface area (Å²) in [5.41, 5.74) is 3.13. The van der Waals surface area contributed by atoms with Gasteiger partial charge < -0.3 is 19.8 Å². The molecule has 0 unspecified atom stereocenters. The molecule has 0 bridgehead atoms. The Morgan fingerprint density at radius 3 is 2.91 bits per heavy atom. The van der Waals surface area contributed by atoms with Crippen LogP contribution in [0.25, 0.3) is 11.0 Å². The molecular formula is C16H14ClN3O2. The Labute approximate surface area is 132 Å². The molecule has 112 valence electrons. The van der Waals surface area contributed by atoms with E-state index in [9.17, 15) is 4.79 Å². The first-order chi connectivity index (χ1) is 10.7. The van der Waals surface area contributed by atoms with E-state index in [0.717, 1.165) is 23.1 Å². The summed E-state index contributed by atoms with van der Waals surface area (Å²) < 4.78 is 5.35. The fourth-order valence-corrected chi connectivity index (χ4v) is 2.44. The molecular weight excluding hydrogens is 302 g/mol. The Bertz CT molecular complexity index is 829. The maximum absolute atomic E-state index is 10.7. The fraction of sp³-hybridized carbons (Fsp3) is 0.125. The summed E-state index contributed by atoms with van der Waals surface area (Å²) in [5.74, 6) is 1.18. The predicted molar refractivity (Wildman–Crippen MR) is 87.1 cm³/mol. The molecule has 0 aliphatic heterocycles. The topological polar surface area (TPSA) is 67.0 Å². The van der Waals surface area contributed by atoms with Crippen LogP contribution in [-0.4, -0.2) is 23.4 Å². The van der Waals surface area contributed by atoms with Gasteiger partial charge in [-0.25, -0.2) is 4.98 Å². The van der Waals surface area contributed by atoms with E-state index in [4.69, 9.17) is 16.3 Å². The summed E-state index contributed by atoms with van der Waals surface area (Å²) in [6, 6.07) is 11.1. The van der Waals surface area contributed by atoms with Gasteiger partial charge in [0, 0.05) is 6.42 Å². The number of nitrogens with one attached hydrogen (secondary N) is 2. The highest BCUT2D eigenvalue weighted by Crippen LogP contribution is 2.29. The van der Waals surface area contributed by atoms with Crippen molar-refractivity contribution in [3.8, 4) is 5.75 Å². The van der Waals surface area contributed by atoms with Crippen molar-refractivity contribution in [3.05, 3.63) is 47.0 Å². The van der Waals surface area contributed by atoms with E-state index in [1.165, 1.54) is 0 Å². The molecule has 0 fully saturated rings. The third kappa shape index (κ3) is 2.76. The van der Waals surface area contributed by atoms with E-state index in [0.29, 0.717) is 28.7 Å². The minimum Gasteiger partial charge on any atom is -0.494 e. The van der Waals surface area contributed by atoms with Gasteiger partial charge in [0.2, 0.25) is 5.95 Å². The largest absolute Gasteiger partial charge is 0.494 e. The maximum atomic E-state index is 10.7. The standard InChI is InChI=1S/C16H14ClN3O2/c1-22-14-9-10(6-7-21)8-13-15(14)20-16(19-13)18-12-5-3-2-4-11(12)17/h2-5,7-9H,6H2,1H3,(H2,18,19,20). The van der Waals surface area contributed by atoms with Crippen molar-refractivity contribution in [2.75, 3.05) is 12.4 Å². The van der Waals surface area contributed by atoms with E-state index in [1.54, 1.807) is 13.2 Å². The highest BCUT2D eigenvalue weighted by molar-refractivity contribution is 6.33. The number of H-pyrrole nitrogens is 1. The second-order valence-electron chi connectivity index (χ2n) is 4.76. The number of halogens is 1. The number of aromatic nitrogens is 2. The number of para-hydroxylation sites is 1. The van der Waals surface area contributed by atoms with E-state index in [-0.39, 0.29) is 0 Å². The monoisotopic (exact) mass is 315 g/mol. The number of hydrogen-bond donors (Lipinski definition) is 2. The summed E-state index contributed by atoms with van der Waals surface area (Å²) >= 11 is 6.13. The molecule has 0 aliphatic rings. The molecule has 6 heteroatoms. The van der Waals surface area contributed by atoms with Gasteiger partial charge >= 0.3 is 0 Å². The van der Waals surface area contributed by atoms with Crippen LogP contribution in [0.3, 0.4) is 0 Å². The molecule has 2 N–H and O–H groups in total. The second kappa shape index (κ2) is 6.07. The molecule has 1 heterocycles. The third-order valence-electron chi connectivity index (χ3n) is 3.28. The van der Waals surface area contributed by atoms with Crippen molar-refractivity contribution < 1.29 is 9.53 Å². The highest BCUT2D eigenvalue weighted by atomic mass is 35.5. The number of anilines is 2. The lowest BCUT2D eigenvalue weighted by Gasteiger charge is -2.03. The first-order valence-corrected chi connectivity index (χ1v) is 7.11. The van der Waals surface area contributed by atoms with Crippen LogP contribution in [0, 0.1) is 0 Å². The fourth-order valence-electron chi connectivity index (χ4n) is 2.26. The molecule has 5 nitrogen and oxygen atoms in total. The Hall–Kier alpha value is -2.53. The van der Waals surface area contributed by atoms with Crippen LogP contribution in [0.4, 0.5) is 11.6 Å². The van der Waals surface area contributed by atoms with Crippen molar-refractivity contribution in [2.45, 2.75) is 6.42 Å². The van der Waals surface area contributed by atoms with Gasteiger partial charge in [-0.05, 0) is 29.8 Å². The van der Waals surface area contributed by atoms with Gasteiger partial charge in [-0.3, -0.25) is 0 Å². The molecule has 0 spiro atoms. The zero-order chi connectivity index (χ0) is 15.5. The van der Waals surface area contributed by atoms with Crippen LogP contribution in [-0.2, 0) is 11.2 Å². The molecule has 0 amide bonds. The van der Waals surface area contributed by atoms with Crippen LogP contribution in [0.2, 0.25) is 5.02 Å². The zero-order valence-corrected chi connectivity index (χ0v) is 12.6. The molecule has 0 saturated heterocycles. The summed E-state index contributed by atoms with van der Waals surface area (Å²) in [7, 11) is 1.58. The average molecular weight is 316 g/mol. The first-order valence-electron chi connectivity index (χ1n) is 6.73. The SMILES string of the molecule is COc1cc(CC=O)cc2[nH]c(Nc3ccccc3Cl)nc12. The number of fused-ring (bicyclic) bond motifs is 1. The van der Waals surface area contributed by atoms with Crippen molar-refractivity contribution in [2.24, 2.45) is 0 Å². The normalized spacial score (nSPS) is 10.6. The smallest absolute Gasteiger partial charge is 0.205 e.